The van der Waals surface area contributed by atoms with Crippen molar-refractivity contribution in [3.63, 3.8) is 0 Å². The second kappa shape index (κ2) is 3.25. The van der Waals surface area contributed by atoms with E-state index in [0.29, 0.717) is 10.6 Å². The van der Waals surface area contributed by atoms with Gasteiger partial charge in [-0.05, 0) is 40.5 Å². The molecule has 0 atom stereocenters. The number of aryl methyl sites for hydroxylation is 1. The molecule has 0 aliphatic heterocycles. The average molecular weight is 230 g/mol. The van der Waals surface area contributed by atoms with Gasteiger partial charge < -0.3 is 0 Å². The molecule has 0 N–H and O–H groups in total. The van der Waals surface area contributed by atoms with Crippen LogP contribution in [0, 0.1) is 18.3 Å². The van der Waals surface area contributed by atoms with Crippen LogP contribution in [-0.2, 0) is 0 Å². The minimum atomic E-state index is 0.640. The van der Waals surface area contributed by atoms with Crippen LogP contribution in [0.3, 0.4) is 0 Å². The molecule has 1 aromatic rings. The monoisotopic (exact) mass is 229 g/mol. The average Bonchev–Trinajstić information content (AvgIpc) is 1.97. The highest BCUT2D eigenvalue weighted by atomic mass is 79.9. The highest BCUT2D eigenvalue weighted by molar-refractivity contribution is 9.10. The lowest BCUT2D eigenvalue weighted by atomic mass is 10.1. The van der Waals surface area contributed by atoms with Crippen molar-refractivity contribution in [3.8, 4) is 6.07 Å². The van der Waals surface area contributed by atoms with Crippen molar-refractivity contribution in [2.24, 2.45) is 0 Å². The third kappa shape index (κ3) is 1.74. The molecule has 56 valence electrons. The molecule has 0 aromatic heterocycles. The largest absolute Gasteiger partial charge is 0.192 e. The van der Waals surface area contributed by atoms with E-state index in [1.165, 1.54) is 0 Å². The molecule has 1 nitrogen and oxygen atoms in total. The number of hydrogen-bond acceptors (Lipinski definition) is 1. The number of nitriles is 1. The lowest BCUT2D eigenvalue weighted by Gasteiger charge is -1.99. The van der Waals surface area contributed by atoms with Gasteiger partial charge in [-0.2, -0.15) is 5.26 Å². The molecule has 1 rings (SSSR count). The van der Waals surface area contributed by atoms with Gasteiger partial charge in [-0.15, -0.1) is 0 Å². The molecule has 0 saturated carbocycles. The molecule has 0 aliphatic rings. The quantitative estimate of drug-likeness (QED) is 0.671. The summed E-state index contributed by atoms with van der Waals surface area (Å²) in [4.78, 5) is 0. The summed E-state index contributed by atoms with van der Waals surface area (Å²) in [6.07, 6.45) is 0. The first-order chi connectivity index (χ1) is 5.15. The van der Waals surface area contributed by atoms with E-state index in [-0.39, 0.29) is 0 Å². The molecular formula is C8H5BrClN. The highest BCUT2D eigenvalue weighted by Gasteiger charge is 2.01. The maximum absolute atomic E-state index is 8.62. The predicted octanol–water partition coefficient (Wildman–Crippen LogP) is 3.28. The summed E-state index contributed by atoms with van der Waals surface area (Å²) < 4.78 is 0.765. The van der Waals surface area contributed by atoms with Gasteiger partial charge in [-0.3, -0.25) is 0 Å². The van der Waals surface area contributed by atoms with Crippen LogP contribution >= 0.6 is 27.5 Å². The number of nitrogens with zero attached hydrogens (tertiary/aromatic N) is 1. The van der Waals surface area contributed by atoms with E-state index in [2.05, 4.69) is 22.0 Å². The first-order valence-corrected chi connectivity index (χ1v) is 4.18. The van der Waals surface area contributed by atoms with Crippen LogP contribution < -0.4 is 0 Å². The first-order valence-electron chi connectivity index (χ1n) is 3.01. The lowest BCUT2D eigenvalue weighted by Crippen LogP contribution is -1.82. The molecule has 0 aliphatic carbocycles. The van der Waals surface area contributed by atoms with Crippen LogP contribution in [0.2, 0.25) is 5.02 Å². The Morgan fingerprint density at radius 2 is 2.18 bits per heavy atom. The molecule has 11 heavy (non-hydrogen) atoms. The molecule has 0 spiro atoms. The van der Waals surface area contributed by atoms with Crippen molar-refractivity contribution in [2.45, 2.75) is 6.92 Å². The Balaban J connectivity index is 3.35. The first kappa shape index (κ1) is 8.58. The van der Waals surface area contributed by atoms with E-state index in [1.54, 1.807) is 12.1 Å². The number of rotatable bonds is 0. The van der Waals surface area contributed by atoms with Crippen LogP contribution in [0.15, 0.2) is 16.6 Å². The van der Waals surface area contributed by atoms with Gasteiger partial charge in [0, 0.05) is 4.47 Å². The molecule has 0 fully saturated rings. The van der Waals surface area contributed by atoms with Gasteiger partial charge in [-0.1, -0.05) is 11.6 Å². The normalized spacial score (nSPS) is 9.27. The van der Waals surface area contributed by atoms with Crippen LogP contribution in [0.1, 0.15) is 11.1 Å². The minimum absolute atomic E-state index is 0.640. The molecule has 0 saturated heterocycles. The molecule has 0 heterocycles. The van der Waals surface area contributed by atoms with Gasteiger partial charge in [0.2, 0.25) is 0 Å². The van der Waals surface area contributed by atoms with Gasteiger partial charge in [0.15, 0.2) is 0 Å². The van der Waals surface area contributed by atoms with E-state index in [0.717, 1.165) is 10.0 Å². The third-order valence-corrected chi connectivity index (χ3v) is 2.58. The molecule has 1 aromatic carbocycles. The Bertz CT molecular complexity index is 328. The van der Waals surface area contributed by atoms with Crippen molar-refractivity contribution in [1.29, 1.82) is 5.26 Å². The van der Waals surface area contributed by atoms with E-state index in [1.807, 2.05) is 6.92 Å². The number of hydrogen-bond donors (Lipinski definition) is 0. The molecular weight excluding hydrogens is 225 g/mol. The van der Waals surface area contributed by atoms with Crippen molar-refractivity contribution in [2.75, 3.05) is 0 Å². The third-order valence-electron chi connectivity index (χ3n) is 1.39. The Morgan fingerprint density at radius 3 is 2.73 bits per heavy atom. The van der Waals surface area contributed by atoms with Gasteiger partial charge in [0.1, 0.15) is 0 Å². The van der Waals surface area contributed by atoms with Crippen LogP contribution in [0.5, 0.6) is 0 Å². The molecule has 0 radical (unpaired) electrons. The summed E-state index contributed by atoms with van der Waals surface area (Å²) in [6, 6.07) is 5.56. The maximum Gasteiger partial charge on any atom is 0.0994 e. The second-order valence-corrected chi connectivity index (χ2v) is 3.45. The maximum atomic E-state index is 8.62. The Hall–Kier alpha value is -0.520. The SMILES string of the molecule is Cc1cc(Cl)c(Br)cc1C#N. The number of benzene rings is 1. The van der Waals surface area contributed by atoms with Gasteiger partial charge in [0.25, 0.3) is 0 Å². The van der Waals surface area contributed by atoms with Crippen LogP contribution in [-0.4, -0.2) is 0 Å². The Kier molecular flexibility index (Phi) is 2.53. The summed E-state index contributed by atoms with van der Waals surface area (Å²) in [7, 11) is 0. The molecule has 0 bridgehead atoms. The topological polar surface area (TPSA) is 23.8 Å². The van der Waals surface area contributed by atoms with Gasteiger partial charge >= 0.3 is 0 Å². The van der Waals surface area contributed by atoms with Crippen LogP contribution in [0.25, 0.3) is 0 Å². The summed E-state index contributed by atoms with van der Waals surface area (Å²) in [5, 5.41) is 9.26. The highest BCUT2D eigenvalue weighted by Crippen LogP contribution is 2.25. The van der Waals surface area contributed by atoms with E-state index < -0.39 is 0 Å². The predicted molar refractivity (Wildman–Crippen MR) is 48.6 cm³/mol. The standard InChI is InChI=1S/C8H5BrClN/c1-5-2-8(10)7(9)3-6(5)4-11/h2-3H,1H3. The van der Waals surface area contributed by atoms with E-state index in [4.69, 9.17) is 16.9 Å². The van der Waals surface area contributed by atoms with Crippen molar-refractivity contribution in [3.05, 3.63) is 32.8 Å². The number of halogens is 2. The summed E-state index contributed by atoms with van der Waals surface area (Å²) in [6.45, 7) is 1.86. The summed E-state index contributed by atoms with van der Waals surface area (Å²) in [5.41, 5.74) is 1.56. The molecule has 0 amide bonds. The lowest BCUT2D eigenvalue weighted by molar-refractivity contribution is 1.38. The van der Waals surface area contributed by atoms with E-state index >= 15 is 0 Å². The minimum Gasteiger partial charge on any atom is -0.192 e. The zero-order valence-electron chi connectivity index (χ0n) is 5.86. The van der Waals surface area contributed by atoms with Crippen molar-refractivity contribution < 1.29 is 0 Å². The fourth-order valence-electron chi connectivity index (χ4n) is 0.767. The zero-order chi connectivity index (χ0) is 8.43. The summed E-state index contributed by atoms with van der Waals surface area (Å²) >= 11 is 9.02. The molecule has 0 unspecified atom stereocenters. The smallest absolute Gasteiger partial charge is 0.0994 e. The van der Waals surface area contributed by atoms with Gasteiger partial charge in [0.05, 0.1) is 16.7 Å². The fourth-order valence-corrected chi connectivity index (χ4v) is 1.33. The van der Waals surface area contributed by atoms with Crippen molar-refractivity contribution in [1.82, 2.24) is 0 Å². The Labute approximate surface area is 78.7 Å². The summed E-state index contributed by atoms with van der Waals surface area (Å²) in [5.74, 6) is 0. The molecule has 3 heteroatoms. The second-order valence-electron chi connectivity index (χ2n) is 2.19. The Morgan fingerprint density at radius 1 is 1.55 bits per heavy atom. The zero-order valence-corrected chi connectivity index (χ0v) is 8.20. The van der Waals surface area contributed by atoms with E-state index in [9.17, 15) is 0 Å². The van der Waals surface area contributed by atoms with Gasteiger partial charge in [-0.25, -0.2) is 0 Å². The van der Waals surface area contributed by atoms with Crippen LogP contribution in [0.4, 0.5) is 0 Å². The van der Waals surface area contributed by atoms with Crippen molar-refractivity contribution >= 4 is 27.5 Å². The fraction of sp³-hybridized carbons (Fsp3) is 0.125.